The van der Waals surface area contributed by atoms with E-state index in [2.05, 4.69) is 20.3 Å². The van der Waals surface area contributed by atoms with Crippen LogP contribution in [0.25, 0.3) is 0 Å². The van der Waals surface area contributed by atoms with Gasteiger partial charge in [-0.3, -0.25) is 4.79 Å². The Morgan fingerprint density at radius 3 is 2.59 bits per heavy atom. The molecule has 17 heavy (non-hydrogen) atoms. The zero-order valence-electron chi connectivity index (χ0n) is 10.2. The molecule has 0 aliphatic carbocycles. The molecule has 1 unspecified atom stereocenters. The molecule has 96 valence electrons. The van der Waals surface area contributed by atoms with Crippen molar-refractivity contribution in [1.82, 2.24) is 15.6 Å². The average molecular weight is 242 g/mol. The second-order valence-electron chi connectivity index (χ2n) is 4.90. The van der Waals surface area contributed by atoms with Crippen LogP contribution in [0.5, 0.6) is 0 Å². The predicted octanol–water partition coefficient (Wildman–Crippen LogP) is 0.179. The second kappa shape index (κ2) is 5.13. The van der Waals surface area contributed by atoms with Gasteiger partial charge in [0.2, 0.25) is 11.5 Å². The van der Waals surface area contributed by atoms with Crippen molar-refractivity contribution in [3.05, 3.63) is 5.69 Å². The summed E-state index contributed by atoms with van der Waals surface area (Å²) >= 11 is 0. The Hall–Kier alpha value is -1.63. The number of aromatic nitrogens is 2. The van der Waals surface area contributed by atoms with Crippen molar-refractivity contribution in [2.75, 3.05) is 12.3 Å². The number of nitrogen functional groups attached to an aromatic ring is 1. The Balaban J connectivity index is 2.75. The van der Waals surface area contributed by atoms with Crippen LogP contribution in [-0.4, -0.2) is 34.0 Å². The van der Waals surface area contributed by atoms with E-state index in [1.54, 1.807) is 0 Å². The normalized spacial score (nSPS) is 13.4. The van der Waals surface area contributed by atoms with E-state index in [0.29, 0.717) is 6.42 Å². The topological polar surface area (TPSA) is 114 Å². The average Bonchev–Trinajstić information content (AvgIpc) is 2.62. The fraction of sp³-hybridized carbons (Fsp3) is 0.700. The van der Waals surface area contributed by atoms with E-state index in [4.69, 9.17) is 10.8 Å². The van der Waals surface area contributed by atoms with Gasteiger partial charge < -0.3 is 16.2 Å². The van der Waals surface area contributed by atoms with E-state index in [1.165, 1.54) is 0 Å². The van der Waals surface area contributed by atoms with Gasteiger partial charge in [-0.15, -0.1) is 0 Å². The largest absolute Gasteiger partial charge is 0.396 e. The Kier molecular flexibility index (Phi) is 4.06. The maximum absolute atomic E-state index is 11.8. The molecule has 0 aliphatic heterocycles. The van der Waals surface area contributed by atoms with Crippen LogP contribution in [-0.2, 0) is 0 Å². The minimum atomic E-state index is -0.447. The fourth-order valence-electron chi connectivity index (χ4n) is 1.43. The van der Waals surface area contributed by atoms with E-state index >= 15 is 0 Å². The van der Waals surface area contributed by atoms with Gasteiger partial charge in [0.1, 0.15) is 0 Å². The molecular weight excluding hydrogens is 224 g/mol. The number of anilines is 1. The number of nitrogens with one attached hydrogen (secondary N) is 1. The van der Waals surface area contributed by atoms with Gasteiger partial charge in [-0.25, -0.2) is 4.63 Å². The first kappa shape index (κ1) is 13.4. The quantitative estimate of drug-likeness (QED) is 0.693. The number of aliphatic hydroxyl groups is 1. The van der Waals surface area contributed by atoms with Crippen LogP contribution in [0.3, 0.4) is 0 Å². The third kappa shape index (κ3) is 3.42. The summed E-state index contributed by atoms with van der Waals surface area (Å²) in [5, 5.41) is 18.5. The molecule has 1 aromatic heterocycles. The summed E-state index contributed by atoms with van der Waals surface area (Å²) in [6.45, 7) is 5.91. The summed E-state index contributed by atoms with van der Waals surface area (Å²) < 4.78 is 4.36. The molecule has 0 fully saturated rings. The molecule has 0 aromatic carbocycles. The molecule has 1 atom stereocenters. The molecular formula is C10H18N4O3. The molecule has 0 saturated carbocycles. The van der Waals surface area contributed by atoms with Gasteiger partial charge in [0.15, 0.2) is 0 Å². The van der Waals surface area contributed by atoms with Crippen molar-refractivity contribution in [2.45, 2.75) is 33.2 Å². The maximum atomic E-state index is 11.8. The third-order valence-electron chi connectivity index (χ3n) is 2.50. The molecule has 1 heterocycles. The second-order valence-corrected chi connectivity index (χ2v) is 4.90. The lowest BCUT2D eigenvalue weighted by molar-refractivity contribution is 0.0876. The number of carbonyl (C=O) groups excluding carboxylic acids is 1. The van der Waals surface area contributed by atoms with Gasteiger partial charge in [0, 0.05) is 12.6 Å². The number of nitrogens with zero attached hydrogens (tertiary/aromatic N) is 2. The highest BCUT2D eigenvalue weighted by atomic mass is 16.6. The standard InChI is InChI=1S/C10H18N4O3/c1-10(2,3)6(4-5-15)12-9(16)7-8(11)14-17-13-7/h6,15H,4-5H2,1-3H3,(H2,11,14)(H,12,16). The van der Waals surface area contributed by atoms with Gasteiger partial charge in [-0.1, -0.05) is 20.8 Å². The first-order valence-corrected chi connectivity index (χ1v) is 5.36. The minimum absolute atomic E-state index is 0.00519. The van der Waals surface area contributed by atoms with E-state index in [1.807, 2.05) is 20.8 Å². The van der Waals surface area contributed by atoms with Gasteiger partial charge in [-0.2, -0.15) is 0 Å². The van der Waals surface area contributed by atoms with Crippen molar-refractivity contribution < 1.29 is 14.5 Å². The van der Waals surface area contributed by atoms with Crippen molar-refractivity contribution in [2.24, 2.45) is 5.41 Å². The van der Waals surface area contributed by atoms with Gasteiger partial charge in [-0.05, 0) is 22.1 Å². The molecule has 7 nitrogen and oxygen atoms in total. The number of nitrogens with two attached hydrogens (primary N) is 1. The smallest absolute Gasteiger partial charge is 0.277 e. The first-order valence-electron chi connectivity index (χ1n) is 5.36. The van der Waals surface area contributed by atoms with Crippen LogP contribution >= 0.6 is 0 Å². The molecule has 0 spiro atoms. The lowest BCUT2D eigenvalue weighted by Gasteiger charge is -2.30. The Morgan fingerprint density at radius 2 is 2.18 bits per heavy atom. The number of carbonyl (C=O) groups is 1. The zero-order valence-corrected chi connectivity index (χ0v) is 10.2. The van der Waals surface area contributed by atoms with Crippen molar-refractivity contribution in [3.8, 4) is 0 Å². The molecule has 4 N–H and O–H groups in total. The highest BCUT2D eigenvalue weighted by Gasteiger charge is 2.28. The number of rotatable bonds is 4. The number of hydrogen-bond acceptors (Lipinski definition) is 6. The van der Waals surface area contributed by atoms with Crippen LogP contribution in [0.2, 0.25) is 0 Å². The van der Waals surface area contributed by atoms with Crippen LogP contribution in [0.4, 0.5) is 5.82 Å². The SMILES string of the molecule is CC(C)(C)C(CCO)NC(=O)c1nonc1N. The number of hydrogen-bond donors (Lipinski definition) is 3. The molecule has 7 heteroatoms. The van der Waals surface area contributed by atoms with E-state index < -0.39 is 5.91 Å². The Morgan fingerprint density at radius 1 is 1.53 bits per heavy atom. The van der Waals surface area contributed by atoms with Crippen molar-refractivity contribution >= 4 is 11.7 Å². The lowest BCUT2D eigenvalue weighted by atomic mass is 9.85. The van der Waals surface area contributed by atoms with Crippen LogP contribution in [0.1, 0.15) is 37.7 Å². The summed E-state index contributed by atoms with van der Waals surface area (Å²) in [4.78, 5) is 11.8. The van der Waals surface area contributed by atoms with E-state index in [-0.39, 0.29) is 29.6 Å². The fourth-order valence-corrected chi connectivity index (χ4v) is 1.43. The summed E-state index contributed by atoms with van der Waals surface area (Å²) in [6, 6.07) is -0.184. The van der Waals surface area contributed by atoms with Crippen molar-refractivity contribution in [3.63, 3.8) is 0 Å². The molecule has 0 saturated heterocycles. The summed E-state index contributed by atoms with van der Waals surface area (Å²) in [7, 11) is 0. The molecule has 1 rings (SSSR count). The summed E-state index contributed by atoms with van der Waals surface area (Å²) in [5.41, 5.74) is 5.22. The van der Waals surface area contributed by atoms with Crippen LogP contribution in [0, 0.1) is 5.41 Å². The zero-order chi connectivity index (χ0) is 13.1. The minimum Gasteiger partial charge on any atom is -0.396 e. The summed E-state index contributed by atoms with van der Waals surface area (Å²) in [6.07, 6.45) is 0.459. The molecule has 1 amide bonds. The third-order valence-corrected chi connectivity index (χ3v) is 2.50. The van der Waals surface area contributed by atoms with Gasteiger partial charge >= 0.3 is 0 Å². The molecule has 0 radical (unpaired) electrons. The molecule has 0 aliphatic rings. The van der Waals surface area contributed by atoms with Crippen molar-refractivity contribution in [1.29, 1.82) is 0 Å². The first-order chi connectivity index (χ1) is 7.86. The highest BCUT2D eigenvalue weighted by molar-refractivity contribution is 5.96. The Bertz CT molecular complexity index is 383. The lowest BCUT2D eigenvalue weighted by Crippen LogP contribution is -2.44. The molecule has 0 bridgehead atoms. The highest BCUT2D eigenvalue weighted by Crippen LogP contribution is 2.22. The van der Waals surface area contributed by atoms with E-state index in [9.17, 15) is 4.79 Å². The number of amides is 1. The van der Waals surface area contributed by atoms with Gasteiger partial charge in [0.05, 0.1) is 0 Å². The summed E-state index contributed by atoms with van der Waals surface area (Å²) in [5.74, 6) is -0.490. The van der Waals surface area contributed by atoms with Gasteiger partial charge in [0.25, 0.3) is 5.91 Å². The Labute approximate surface area is 99.3 Å². The van der Waals surface area contributed by atoms with Crippen LogP contribution in [0.15, 0.2) is 4.63 Å². The monoisotopic (exact) mass is 242 g/mol. The van der Waals surface area contributed by atoms with E-state index in [0.717, 1.165) is 0 Å². The van der Waals surface area contributed by atoms with Crippen LogP contribution < -0.4 is 11.1 Å². The maximum Gasteiger partial charge on any atom is 0.277 e. The number of aliphatic hydroxyl groups excluding tert-OH is 1. The predicted molar refractivity (Wildman–Crippen MR) is 61.1 cm³/mol. The molecule has 1 aromatic rings.